The van der Waals surface area contributed by atoms with Gasteiger partial charge in [0.25, 0.3) is 0 Å². The van der Waals surface area contributed by atoms with Crippen molar-refractivity contribution in [3.05, 3.63) is 41.5 Å². The van der Waals surface area contributed by atoms with Crippen LogP contribution >= 0.6 is 0 Å². The maximum absolute atomic E-state index is 12.1. The molecule has 7 nitrogen and oxygen atoms in total. The van der Waals surface area contributed by atoms with Crippen LogP contribution in [0.5, 0.6) is 0 Å². The lowest BCUT2D eigenvalue weighted by Crippen LogP contribution is -2.35. The van der Waals surface area contributed by atoms with Crippen LogP contribution in [0.1, 0.15) is 17.5 Å². The van der Waals surface area contributed by atoms with Crippen molar-refractivity contribution in [3.8, 4) is 0 Å². The zero-order valence-electron chi connectivity index (χ0n) is 15.8. The van der Waals surface area contributed by atoms with Gasteiger partial charge in [-0.2, -0.15) is 0 Å². The Bertz CT molecular complexity index is 618. The predicted molar refractivity (Wildman–Crippen MR) is 101 cm³/mol. The lowest BCUT2D eigenvalue weighted by molar-refractivity contribution is -0.149. The zero-order chi connectivity index (χ0) is 19.5. The van der Waals surface area contributed by atoms with Gasteiger partial charge in [0.05, 0.1) is 33.0 Å². The number of aliphatic hydroxyl groups excluding tert-OH is 1. The minimum Gasteiger partial charge on any atom is -0.462 e. The number of aliphatic hydroxyl groups is 1. The van der Waals surface area contributed by atoms with E-state index in [4.69, 9.17) is 24.7 Å². The molecule has 0 amide bonds. The highest BCUT2D eigenvalue weighted by molar-refractivity contribution is 5.81. The molecule has 1 aromatic rings. The number of carbonyl (C=O) groups excluding carboxylic acids is 1. The molecule has 2 unspecified atom stereocenters. The first-order valence-corrected chi connectivity index (χ1v) is 9.13. The van der Waals surface area contributed by atoms with Gasteiger partial charge < -0.3 is 29.8 Å². The molecule has 0 heterocycles. The first kappa shape index (κ1) is 21.5. The van der Waals surface area contributed by atoms with Crippen molar-refractivity contribution in [2.24, 2.45) is 5.73 Å². The summed E-state index contributed by atoms with van der Waals surface area (Å²) in [5, 5.41) is 9.82. The highest BCUT2D eigenvalue weighted by Crippen LogP contribution is 2.30. The fourth-order valence-electron chi connectivity index (χ4n) is 2.78. The quantitative estimate of drug-likeness (QED) is 0.388. The van der Waals surface area contributed by atoms with Crippen LogP contribution in [0.4, 0.5) is 0 Å². The van der Waals surface area contributed by atoms with E-state index in [0.717, 1.165) is 17.6 Å². The maximum atomic E-state index is 12.1. The van der Waals surface area contributed by atoms with Gasteiger partial charge in [-0.05, 0) is 29.5 Å². The molecule has 3 N–H and O–H groups in total. The fraction of sp³-hybridized carbons (Fsp3) is 0.550. The van der Waals surface area contributed by atoms with Gasteiger partial charge in [-0.25, -0.2) is 0 Å². The second-order valence-electron chi connectivity index (χ2n) is 6.37. The first-order valence-electron chi connectivity index (χ1n) is 9.13. The van der Waals surface area contributed by atoms with Crippen LogP contribution in [-0.4, -0.2) is 70.0 Å². The molecule has 0 saturated carbocycles. The lowest BCUT2D eigenvalue weighted by Gasteiger charge is -2.16. The smallest absolute Gasteiger partial charge is 0.323 e. The van der Waals surface area contributed by atoms with E-state index in [9.17, 15) is 9.90 Å². The second-order valence-corrected chi connectivity index (χ2v) is 6.37. The average Bonchev–Trinajstić information content (AvgIpc) is 3.08. The number of hydrogen-bond acceptors (Lipinski definition) is 7. The average molecular weight is 379 g/mol. The molecule has 150 valence electrons. The fourth-order valence-corrected chi connectivity index (χ4v) is 2.78. The molecule has 1 aliphatic carbocycles. The van der Waals surface area contributed by atoms with E-state index in [-0.39, 0.29) is 13.2 Å². The van der Waals surface area contributed by atoms with Crippen molar-refractivity contribution < 1.29 is 28.8 Å². The summed E-state index contributed by atoms with van der Waals surface area (Å²) in [6, 6.07) is 7.32. The molecule has 0 spiro atoms. The number of fused-ring (bicyclic) bond motifs is 1. The van der Waals surface area contributed by atoms with Crippen LogP contribution in [0.3, 0.4) is 0 Å². The summed E-state index contributed by atoms with van der Waals surface area (Å²) in [4.78, 5) is 12.1. The van der Waals surface area contributed by atoms with Gasteiger partial charge in [-0.15, -0.1) is 0 Å². The summed E-state index contributed by atoms with van der Waals surface area (Å²) in [6.07, 6.45) is 2.47. The molecular weight excluding hydrogens is 350 g/mol. The molecule has 0 fully saturated rings. The highest BCUT2D eigenvalue weighted by Gasteiger charge is 2.22. The summed E-state index contributed by atoms with van der Waals surface area (Å²) in [6.45, 7) is 1.71. The predicted octanol–water partition coefficient (Wildman–Crippen LogP) is 0.927. The summed E-state index contributed by atoms with van der Waals surface area (Å²) in [5.74, 6) is -0.526. The van der Waals surface area contributed by atoms with Gasteiger partial charge in [0.15, 0.2) is 0 Å². The molecule has 0 radical (unpaired) electrons. The Hall–Kier alpha value is -1.77. The summed E-state index contributed by atoms with van der Waals surface area (Å²) < 4.78 is 20.5. The van der Waals surface area contributed by atoms with Crippen molar-refractivity contribution in [2.75, 3.05) is 46.8 Å². The van der Waals surface area contributed by atoms with E-state index in [2.05, 4.69) is 12.1 Å². The normalized spacial score (nSPS) is 15.1. The van der Waals surface area contributed by atoms with Crippen molar-refractivity contribution in [3.63, 3.8) is 0 Å². The zero-order valence-corrected chi connectivity index (χ0v) is 15.8. The second kappa shape index (κ2) is 11.8. The standard InChI is InChI=1S/C20H29NO6/c1-24-8-9-25-10-11-26-13-17(22)14-27-20(23)19(21)12-16-7-6-15-4-2-3-5-18(15)16/h2-5,7,17,19,22H,6,8-14,21H2,1H3. The number of rotatable bonds is 13. The van der Waals surface area contributed by atoms with Gasteiger partial charge >= 0.3 is 5.97 Å². The molecule has 7 heteroatoms. The molecular formula is C20H29NO6. The molecule has 27 heavy (non-hydrogen) atoms. The number of hydrogen-bond donors (Lipinski definition) is 2. The van der Waals surface area contributed by atoms with Crippen molar-refractivity contribution in [1.82, 2.24) is 0 Å². The summed E-state index contributed by atoms with van der Waals surface area (Å²) in [7, 11) is 1.60. The third-order valence-electron chi connectivity index (χ3n) is 4.21. The Morgan fingerprint density at radius 2 is 1.89 bits per heavy atom. The first-order chi connectivity index (χ1) is 13.1. The molecule has 0 aromatic heterocycles. The Labute approximate surface area is 160 Å². The Kier molecular flexibility index (Phi) is 9.44. The molecule has 0 aliphatic heterocycles. The minimum atomic E-state index is -0.897. The lowest BCUT2D eigenvalue weighted by atomic mass is 10.0. The van der Waals surface area contributed by atoms with Crippen LogP contribution in [0.15, 0.2) is 30.3 Å². The SMILES string of the molecule is COCCOCCOCC(O)COC(=O)C(N)CC1=CCc2ccccc21. The molecule has 0 bridgehead atoms. The maximum Gasteiger partial charge on any atom is 0.323 e. The number of methoxy groups -OCH3 is 1. The van der Waals surface area contributed by atoms with Crippen LogP contribution in [0.25, 0.3) is 5.57 Å². The van der Waals surface area contributed by atoms with Gasteiger partial charge in [0.1, 0.15) is 18.8 Å². The van der Waals surface area contributed by atoms with Crippen LogP contribution in [-0.2, 0) is 30.2 Å². The van der Waals surface area contributed by atoms with Crippen molar-refractivity contribution >= 4 is 11.5 Å². The summed E-state index contributed by atoms with van der Waals surface area (Å²) in [5.41, 5.74) is 9.41. The Morgan fingerprint density at radius 3 is 2.70 bits per heavy atom. The van der Waals surface area contributed by atoms with Gasteiger partial charge in [0.2, 0.25) is 0 Å². The van der Waals surface area contributed by atoms with Gasteiger partial charge in [-0.3, -0.25) is 4.79 Å². The van der Waals surface area contributed by atoms with Crippen LogP contribution < -0.4 is 5.73 Å². The van der Waals surface area contributed by atoms with E-state index in [1.165, 1.54) is 5.56 Å². The van der Waals surface area contributed by atoms with E-state index in [0.29, 0.717) is 32.8 Å². The molecule has 1 aromatic carbocycles. The number of ether oxygens (including phenoxy) is 4. The van der Waals surface area contributed by atoms with Crippen molar-refractivity contribution in [1.29, 1.82) is 0 Å². The van der Waals surface area contributed by atoms with Gasteiger partial charge in [-0.1, -0.05) is 30.3 Å². The molecule has 2 rings (SSSR count). The number of carbonyl (C=O) groups is 1. The van der Waals surface area contributed by atoms with E-state index in [1.807, 2.05) is 18.2 Å². The number of allylic oxidation sites excluding steroid dienone is 1. The molecule has 0 saturated heterocycles. The van der Waals surface area contributed by atoms with Crippen LogP contribution in [0, 0.1) is 0 Å². The van der Waals surface area contributed by atoms with E-state index < -0.39 is 18.1 Å². The number of nitrogens with two attached hydrogens (primary N) is 1. The van der Waals surface area contributed by atoms with E-state index in [1.54, 1.807) is 7.11 Å². The third-order valence-corrected chi connectivity index (χ3v) is 4.21. The topological polar surface area (TPSA) is 100 Å². The number of esters is 1. The minimum absolute atomic E-state index is 0.0642. The molecule has 2 atom stereocenters. The highest BCUT2D eigenvalue weighted by atomic mass is 16.6. The summed E-state index contributed by atoms with van der Waals surface area (Å²) >= 11 is 0. The monoisotopic (exact) mass is 379 g/mol. The van der Waals surface area contributed by atoms with Gasteiger partial charge in [0, 0.05) is 7.11 Å². The third kappa shape index (κ3) is 7.40. The largest absolute Gasteiger partial charge is 0.462 e. The number of benzene rings is 1. The van der Waals surface area contributed by atoms with Crippen LogP contribution in [0.2, 0.25) is 0 Å². The van der Waals surface area contributed by atoms with Crippen molar-refractivity contribution in [2.45, 2.75) is 25.0 Å². The van der Waals surface area contributed by atoms with E-state index >= 15 is 0 Å². The Balaban J connectivity index is 1.60. The molecule has 1 aliphatic rings. The Morgan fingerprint density at radius 1 is 1.15 bits per heavy atom.